The van der Waals surface area contributed by atoms with E-state index in [0.717, 1.165) is 6.29 Å². The van der Waals surface area contributed by atoms with E-state index in [2.05, 4.69) is 49.4 Å². The van der Waals surface area contributed by atoms with Crippen molar-refractivity contribution in [1.29, 1.82) is 0 Å². The van der Waals surface area contributed by atoms with Crippen LogP contribution in [0.4, 0.5) is 0 Å². The fourth-order valence-electron chi connectivity index (χ4n) is 2.48. The predicted octanol–water partition coefficient (Wildman–Crippen LogP) is 3.23. The molecule has 1 fully saturated rings. The first-order valence-electron chi connectivity index (χ1n) is 6.53. The van der Waals surface area contributed by atoms with E-state index in [9.17, 15) is 4.79 Å². The molecular weight excluding hydrogens is 312 g/mol. The molecule has 0 unspecified atom stereocenters. The van der Waals surface area contributed by atoms with Gasteiger partial charge in [0.2, 0.25) is 0 Å². The second-order valence-electron chi connectivity index (χ2n) is 6.52. The van der Waals surface area contributed by atoms with Crippen LogP contribution in [0.15, 0.2) is 0 Å². The Morgan fingerprint density at radius 2 is 2.06 bits per heavy atom. The van der Waals surface area contributed by atoms with Gasteiger partial charge >= 0.3 is 0 Å². The smallest absolute Gasteiger partial charge is 0.184 e. The van der Waals surface area contributed by atoms with Crippen molar-refractivity contribution in [3.8, 4) is 0 Å². The van der Waals surface area contributed by atoms with Gasteiger partial charge < -0.3 is 14.0 Å². The molecule has 1 aliphatic heterocycles. The number of carbonyl (C=O) groups is 1. The van der Waals surface area contributed by atoms with Crippen LogP contribution in [0.3, 0.4) is 0 Å². The molecule has 18 heavy (non-hydrogen) atoms. The normalized spacial score (nSPS) is 36.4. The van der Waals surface area contributed by atoms with Crippen molar-refractivity contribution in [2.75, 3.05) is 6.61 Å². The summed E-state index contributed by atoms with van der Waals surface area (Å²) >= 11 is 3.73. The van der Waals surface area contributed by atoms with E-state index in [4.69, 9.17) is 9.16 Å². The summed E-state index contributed by atoms with van der Waals surface area (Å²) in [5, 5.41) is 0. The summed E-state index contributed by atoms with van der Waals surface area (Å²) in [6.45, 7) is 13.3. The molecule has 5 atom stereocenters. The Hall–Kier alpha value is 0.287. The molecule has 1 heterocycles. The maximum absolute atomic E-state index is 11.2. The lowest BCUT2D eigenvalue weighted by atomic mass is 9.85. The minimum atomic E-state index is -1.73. The SMILES string of the molecule is C[C@@H]1CO[C@](C)([C@H](O[Si](C)(C)C)[C@@H](C)C=O)[C@H]1Br. The minimum Gasteiger partial charge on any atom is -0.411 e. The minimum absolute atomic E-state index is 0.160. The van der Waals surface area contributed by atoms with E-state index in [0.29, 0.717) is 12.5 Å². The number of hydrogen-bond donors (Lipinski definition) is 0. The number of aldehydes is 1. The first kappa shape index (κ1) is 16.3. The Kier molecular flexibility index (Phi) is 5.20. The lowest BCUT2D eigenvalue weighted by Gasteiger charge is -2.41. The van der Waals surface area contributed by atoms with Gasteiger partial charge in [0, 0.05) is 5.92 Å². The van der Waals surface area contributed by atoms with Crippen molar-refractivity contribution in [3.63, 3.8) is 0 Å². The number of rotatable bonds is 5. The van der Waals surface area contributed by atoms with Gasteiger partial charge in [0.1, 0.15) is 11.9 Å². The van der Waals surface area contributed by atoms with E-state index >= 15 is 0 Å². The van der Waals surface area contributed by atoms with Crippen LogP contribution in [0.1, 0.15) is 20.8 Å². The standard InChI is InChI=1S/C13H25BrO3Si/c1-9(7-15)12(17-18(4,5)6)13(3)11(14)10(2)8-16-13/h7,9-12H,8H2,1-6H3/t9-,10+,11-,12+,13-/m0/s1. The van der Waals surface area contributed by atoms with E-state index in [-0.39, 0.29) is 16.8 Å². The summed E-state index contributed by atoms with van der Waals surface area (Å²) in [5.41, 5.74) is -0.431. The first-order chi connectivity index (χ1) is 8.12. The van der Waals surface area contributed by atoms with E-state index < -0.39 is 13.9 Å². The first-order valence-corrected chi connectivity index (χ1v) is 10.9. The van der Waals surface area contributed by atoms with Gasteiger partial charge in [-0.15, -0.1) is 0 Å². The zero-order valence-corrected chi connectivity index (χ0v) is 14.8. The van der Waals surface area contributed by atoms with Gasteiger partial charge in [-0.3, -0.25) is 0 Å². The van der Waals surface area contributed by atoms with Gasteiger partial charge in [-0.1, -0.05) is 29.8 Å². The average molecular weight is 337 g/mol. The molecule has 0 aliphatic carbocycles. The fourth-order valence-corrected chi connectivity index (χ4v) is 4.23. The molecule has 0 aromatic heterocycles. The lowest BCUT2D eigenvalue weighted by Crippen LogP contribution is -2.54. The number of halogens is 1. The molecule has 0 radical (unpaired) electrons. The van der Waals surface area contributed by atoms with Gasteiger partial charge in [0.05, 0.1) is 17.5 Å². The number of carbonyl (C=O) groups excluding carboxylic acids is 1. The molecule has 1 aliphatic rings. The predicted molar refractivity (Wildman–Crippen MR) is 79.7 cm³/mol. The van der Waals surface area contributed by atoms with Crippen molar-refractivity contribution in [3.05, 3.63) is 0 Å². The third-order valence-electron chi connectivity index (χ3n) is 3.44. The molecule has 1 rings (SSSR count). The van der Waals surface area contributed by atoms with Crippen LogP contribution in [-0.2, 0) is 14.0 Å². The second-order valence-corrected chi connectivity index (χ2v) is 12.0. The number of ether oxygens (including phenoxy) is 1. The van der Waals surface area contributed by atoms with Crippen LogP contribution < -0.4 is 0 Å². The zero-order valence-electron chi connectivity index (χ0n) is 12.2. The van der Waals surface area contributed by atoms with E-state index in [1.165, 1.54) is 0 Å². The summed E-state index contributed by atoms with van der Waals surface area (Å²) in [6, 6.07) is 0. The molecule has 5 heteroatoms. The van der Waals surface area contributed by atoms with Crippen LogP contribution in [0.25, 0.3) is 0 Å². The van der Waals surface area contributed by atoms with Crippen LogP contribution in [-0.4, -0.2) is 37.7 Å². The molecule has 0 saturated carbocycles. The van der Waals surface area contributed by atoms with Gasteiger partial charge in [0.25, 0.3) is 0 Å². The summed E-state index contributed by atoms with van der Waals surface area (Å²) in [6.07, 6.45) is 0.790. The Bertz CT molecular complexity index is 305. The maximum atomic E-state index is 11.2. The molecule has 3 nitrogen and oxygen atoms in total. The van der Waals surface area contributed by atoms with Crippen LogP contribution in [0, 0.1) is 11.8 Å². The van der Waals surface area contributed by atoms with Gasteiger partial charge in [-0.2, -0.15) is 0 Å². The third kappa shape index (κ3) is 3.44. The molecule has 0 N–H and O–H groups in total. The quantitative estimate of drug-likeness (QED) is 0.439. The monoisotopic (exact) mass is 336 g/mol. The molecule has 1 saturated heterocycles. The highest BCUT2D eigenvalue weighted by Gasteiger charge is 2.52. The number of hydrogen-bond acceptors (Lipinski definition) is 3. The van der Waals surface area contributed by atoms with Crippen molar-refractivity contribution < 1.29 is 14.0 Å². The Labute approximate surface area is 120 Å². The largest absolute Gasteiger partial charge is 0.411 e. The molecular formula is C13H25BrO3Si. The van der Waals surface area contributed by atoms with Crippen LogP contribution >= 0.6 is 15.9 Å². The van der Waals surface area contributed by atoms with Crippen molar-refractivity contribution >= 4 is 30.5 Å². The highest BCUT2D eigenvalue weighted by molar-refractivity contribution is 9.09. The molecule has 0 aromatic carbocycles. The van der Waals surface area contributed by atoms with Gasteiger partial charge in [0.15, 0.2) is 8.32 Å². The average Bonchev–Trinajstić information content (AvgIpc) is 2.53. The highest BCUT2D eigenvalue weighted by atomic mass is 79.9. The Morgan fingerprint density at radius 1 is 1.50 bits per heavy atom. The Morgan fingerprint density at radius 3 is 2.39 bits per heavy atom. The summed E-state index contributed by atoms with van der Waals surface area (Å²) in [4.78, 5) is 11.4. The number of alkyl halides is 1. The van der Waals surface area contributed by atoms with E-state index in [1.54, 1.807) is 0 Å². The molecule has 0 aromatic rings. The van der Waals surface area contributed by atoms with Gasteiger partial charge in [-0.05, 0) is 32.5 Å². The molecule has 0 spiro atoms. The van der Waals surface area contributed by atoms with Crippen molar-refractivity contribution in [1.82, 2.24) is 0 Å². The third-order valence-corrected chi connectivity index (χ3v) is 6.21. The lowest BCUT2D eigenvalue weighted by molar-refractivity contribution is -0.123. The summed E-state index contributed by atoms with van der Waals surface area (Å²) in [7, 11) is -1.73. The Balaban J connectivity index is 2.99. The topological polar surface area (TPSA) is 35.5 Å². The van der Waals surface area contributed by atoms with Gasteiger partial charge in [-0.25, -0.2) is 0 Å². The summed E-state index contributed by atoms with van der Waals surface area (Å²) in [5.74, 6) is 0.272. The zero-order chi connectivity index (χ0) is 14.1. The molecule has 106 valence electrons. The second kappa shape index (κ2) is 5.73. The maximum Gasteiger partial charge on any atom is 0.184 e. The van der Waals surface area contributed by atoms with Crippen LogP contribution in [0.5, 0.6) is 0 Å². The molecule has 0 bridgehead atoms. The van der Waals surface area contributed by atoms with E-state index in [1.807, 2.05) is 6.92 Å². The molecule has 0 amide bonds. The summed E-state index contributed by atoms with van der Waals surface area (Å²) < 4.78 is 12.2. The highest BCUT2D eigenvalue weighted by Crippen LogP contribution is 2.42. The van der Waals surface area contributed by atoms with Crippen molar-refractivity contribution in [2.24, 2.45) is 11.8 Å². The van der Waals surface area contributed by atoms with Crippen LogP contribution in [0.2, 0.25) is 19.6 Å². The van der Waals surface area contributed by atoms with Crippen molar-refractivity contribution in [2.45, 2.75) is 56.9 Å². The fraction of sp³-hybridized carbons (Fsp3) is 0.923.